The summed E-state index contributed by atoms with van der Waals surface area (Å²) in [7, 11) is -4.42. The topological polar surface area (TPSA) is 124 Å². The third-order valence-corrected chi connectivity index (χ3v) is 6.87. The molecular formula is C27H23F3N4O4S. The quantitative estimate of drug-likeness (QED) is 0.318. The molecule has 1 amide bonds. The molecule has 0 saturated carbocycles. The molecule has 0 unspecified atom stereocenters. The van der Waals surface area contributed by atoms with Crippen molar-refractivity contribution in [3.63, 3.8) is 0 Å². The lowest BCUT2D eigenvalue weighted by molar-refractivity contribution is -0.137. The van der Waals surface area contributed by atoms with Gasteiger partial charge in [-0.3, -0.25) is 4.79 Å². The number of nitrogens with one attached hydrogen (secondary N) is 1. The Labute approximate surface area is 222 Å². The number of hydrogen-bond acceptors (Lipinski definition) is 7. The SMILES string of the molecule is Cc1cc(C)c(Oc2nc(-c3cccc(C(F)(F)F)c3)ccc2C(=O)NS(=O)(=O)c2cccc(N)n2)c(C)c1. The molecule has 2 aromatic heterocycles. The third-order valence-electron chi connectivity index (χ3n) is 5.64. The van der Waals surface area contributed by atoms with Gasteiger partial charge < -0.3 is 10.5 Å². The number of nitrogens with zero attached hydrogens (tertiary/aromatic N) is 2. The number of hydrogen-bond donors (Lipinski definition) is 2. The van der Waals surface area contributed by atoms with E-state index in [0.29, 0.717) is 16.9 Å². The number of halogens is 3. The maximum Gasteiger partial charge on any atom is 0.416 e. The molecule has 0 bridgehead atoms. The normalized spacial score (nSPS) is 11.7. The molecule has 0 radical (unpaired) electrons. The number of nitrogen functional groups attached to an aromatic ring is 1. The zero-order chi connectivity index (χ0) is 28.5. The molecule has 2 heterocycles. The smallest absolute Gasteiger partial charge is 0.416 e. The lowest BCUT2D eigenvalue weighted by atomic mass is 10.1. The minimum atomic E-state index is -4.57. The highest BCUT2D eigenvalue weighted by molar-refractivity contribution is 7.90. The lowest BCUT2D eigenvalue weighted by Gasteiger charge is -2.16. The van der Waals surface area contributed by atoms with Crippen molar-refractivity contribution >= 4 is 21.7 Å². The van der Waals surface area contributed by atoms with Crippen molar-refractivity contribution < 1.29 is 31.1 Å². The molecule has 0 aliphatic carbocycles. The zero-order valence-electron chi connectivity index (χ0n) is 21.0. The highest BCUT2D eigenvalue weighted by Crippen LogP contribution is 2.35. The summed E-state index contributed by atoms with van der Waals surface area (Å²) in [6.07, 6.45) is -4.57. The molecule has 12 heteroatoms. The Morgan fingerprint density at radius 1 is 0.923 bits per heavy atom. The minimum absolute atomic E-state index is 0.0632. The van der Waals surface area contributed by atoms with Gasteiger partial charge in [0.15, 0.2) is 5.03 Å². The van der Waals surface area contributed by atoms with Gasteiger partial charge in [-0.05, 0) is 68.3 Å². The van der Waals surface area contributed by atoms with Crippen LogP contribution in [0.25, 0.3) is 11.3 Å². The van der Waals surface area contributed by atoms with E-state index in [1.807, 2.05) is 23.8 Å². The Kier molecular flexibility index (Phi) is 7.33. The first-order valence-corrected chi connectivity index (χ1v) is 13.0. The van der Waals surface area contributed by atoms with E-state index in [2.05, 4.69) is 9.97 Å². The number of sulfonamides is 1. The fourth-order valence-corrected chi connectivity index (χ4v) is 4.88. The number of carbonyl (C=O) groups is 1. The number of alkyl halides is 3. The Morgan fingerprint density at radius 3 is 2.23 bits per heavy atom. The molecule has 4 aromatic rings. The van der Waals surface area contributed by atoms with Crippen LogP contribution in [0.1, 0.15) is 32.6 Å². The molecule has 0 atom stereocenters. The number of nitrogens with two attached hydrogens (primary N) is 1. The second-order valence-corrected chi connectivity index (χ2v) is 10.4. The van der Waals surface area contributed by atoms with Crippen LogP contribution in [-0.2, 0) is 16.2 Å². The van der Waals surface area contributed by atoms with Crippen LogP contribution in [0.2, 0.25) is 0 Å². The Bertz CT molecular complexity index is 1670. The van der Waals surface area contributed by atoms with Gasteiger partial charge in [0.1, 0.15) is 17.1 Å². The van der Waals surface area contributed by atoms with Crippen molar-refractivity contribution in [2.75, 3.05) is 5.73 Å². The van der Waals surface area contributed by atoms with Gasteiger partial charge >= 0.3 is 6.18 Å². The minimum Gasteiger partial charge on any atom is -0.438 e. The number of ether oxygens (including phenoxy) is 1. The van der Waals surface area contributed by atoms with Gasteiger partial charge in [-0.1, -0.05) is 35.9 Å². The number of aryl methyl sites for hydroxylation is 3. The van der Waals surface area contributed by atoms with Gasteiger partial charge in [0.05, 0.1) is 11.3 Å². The molecule has 2 aromatic carbocycles. The second kappa shape index (κ2) is 10.4. The summed E-state index contributed by atoms with van der Waals surface area (Å²) < 4.78 is 73.4. The van der Waals surface area contributed by atoms with Crippen LogP contribution in [0.4, 0.5) is 19.0 Å². The van der Waals surface area contributed by atoms with E-state index in [1.165, 1.54) is 36.4 Å². The first-order valence-electron chi connectivity index (χ1n) is 11.5. The molecule has 8 nitrogen and oxygen atoms in total. The largest absolute Gasteiger partial charge is 0.438 e. The number of carbonyl (C=O) groups excluding carboxylic acids is 1. The number of benzene rings is 2. The molecule has 0 fully saturated rings. The summed E-state index contributed by atoms with van der Waals surface area (Å²) in [6.45, 7) is 5.45. The first kappa shape index (κ1) is 27.6. The Morgan fingerprint density at radius 2 is 1.59 bits per heavy atom. The molecule has 39 heavy (non-hydrogen) atoms. The lowest BCUT2D eigenvalue weighted by Crippen LogP contribution is -2.31. The number of anilines is 1. The Balaban J connectivity index is 1.80. The van der Waals surface area contributed by atoms with Gasteiger partial charge in [0.2, 0.25) is 5.88 Å². The summed E-state index contributed by atoms with van der Waals surface area (Å²) in [4.78, 5) is 21.2. The molecule has 0 saturated heterocycles. The van der Waals surface area contributed by atoms with Crippen LogP contribution < -0.4 is 15.2 Å². The van der Waals surface area contributed by atoms with Crippen molar-refractivity contribution in [3.8, 4) is 22.9 Å². The highest BCUT2D eigenvalue weighted by Gasteiger charge is 2.31. The van der Waals surface area contributed by atoms with Crippen molar-refractivity contribution in [2.45, 2.75) is 32.0 Å². The van der Waals surface area contributed by atoms with Crippen molar-refractivity contribution in [3.05, 3.63) is 94.5 Å². The summed E-state index contributed by atoms with van der Waals surface area (Å²) in [5, 5.41) is -0.475. The van der Waals surface area contributed by atoms with Crippen molar-refractivity contribution in [1.29, 1.82) is 0 Å². The summed E-state index contributed by atoms with van der Waals surface area (Å²) in [5.41, 5.74) is 7.00. The molecule has 202 valence electrons. The van der Waals surface area contributed by atoms with Crippen LogP contribution in [0.5, 0.6) is 11.6 Å². The molecular weight excluding hydrogens is 533 g/mol. The average molecular weight is 557 g/mol. The fraction of sp³-hybridized carbons (Fsp3) is 0.148. The standard InChI is InChI=1S/C27H23F3N4O4S/c1-15-12-16(2)24(17(3)13-15)38-26-20(25(35)34-39(36,37)23-9-5-8-22(31)33-23)10-11-21(32-26)18-6-4-7-19(14-18)27(28,29)30/h4-14H,1-3H3,(H2,31,33)(H,34,35). The highest BCUT2D eigenvalue weighted by atomic mass is 32.2. The van der Waals surface area contributed by atoms with E-state index in [0.717, 1.165) is 23.8 Å². The van der Waals surface area contributed by atoms with Gasteiger partial charge in [0, 0.05) is 5.56 Å². The van der Waals surface area contributed by atoms with Crippen LogP contribution in [0.15, 0.2) is 71.8 Å². The second-order valence-electron chi connectivity index (χ2n) is 8.79. The maximum absolute atomic E-state index is 13.3. The number of amides is 1. The van der Waals surface area contributed by atoms with Crippen LogP contribution in [0.3, 0.4) is 0 Å². The zero-order valence-corrected chi connectivity index (χ0v) is 21.8. The predicted octanol–water partition coefficient (Wildman–Crippen LogP) is 5.58. The van der Waals surface area contributed by atoms with Gasteiger partial charge in [-0.25, -0.2) is 14.7 Å². The van der Waals surface area contributed by atoms with E-state index in [9.17, 15) is 26.4 Å². The monoisotopic (exact) mass is 556 g/mol. The first-order chi connectivity index (χ1) is 18.2. The van der Waals surface area contributed by atoms with Crippen LogP contribution >= 0.6 is 0 Å². The maximum atomic E-state index is 13.3. The van der Waals surface area contributed by atoms with E-state index in [4.69, 9.17) is 10.5 Å². The predicted molar refractivity (Wildman–Crippen MR) is 139 cm³/mol. The van der Waals surface area contributed by atoms with Crippen molar-refractivity contribution in [1.82, 2.24) is 14.7 Å². The van der Waals surface area contributed by atoms with E-state index in [1.54, 1.807) is 13.8 Å². The molecule has 0 spiro atoms. The Hall–Kier alpha value is -4.45. The molecule has 0 aliphatic heterocycles. The van der Waals surface area contributed by atoms with E-state index >= 15 is 0 Å². The van der Waals surface area contributed by atoms with Crippen molar-refractivity contribution in [2.24, 2.45) is 0 Å². The summed E-state index contributed by atoms with van der Waals surface area (Å²) >= 11 is 0. The van der Waals surface area contributed by atoms with Gasteiger partial charge in [0.25, 0.3) is 15.9 Å². The van der Waals surface area contributed by atoms with Gasteiger partial charge in [-0.2, -0.15) is 21.6 Å². The fourth-order valence-electron chi connectivity index (χ4n) is 3.94. The summed E-state index contributed by atoms with van der Waals surface area (Å²) in [5.74, 6) is -1.08. The molecule has 3 N–H and O–H groups in total. The van der Waals surface area contributed by atoms with E-state index in [-0.39, 0.29) is 28.5 Å². The molecule has 0 aliphatic rings. The average Bonchev–Trinajstić information content (AvgIpc) is 2.85. The molecule has 4 rings (SSSR count). The third kappa shape index (κ3) is 6.17. The van der Waals surface area contributed by atoms with Gasteiger partial charge in [-0.15, -0.1) is 0 Å². The number of pyridine rings is 2. The van der Waals surface area contributed by atoms with Crippen LogP contribution in [-0.4, -0.2) is 24.3 Å². The number of rotatable bonds is 6. The van der Waals surface area contributed by atoms with E-state index < -0.39 is 32.7 Å². The summed E-state index contributed by atoms with van der Waals surface area (Å²) in [6, 6.07) is 14.6. The van der Waals surface area contributed by atoms with Crippen LogP contribution in [0, 0.1) is 20.8 Å². The number of aromatic nitrogens is 2.